The van der Waals surface area contributed by atoms with Crippen molar-refractivity contribution in [1.29, 1.82) is 0 Å². The Bertz CT molecular complexity index is 1090. The number of nitrogens with zero attached hydrogens (tertiary/aromatic N) is 1. The number of sulfonamides is 1. The van der Waals surface area contributed by atoms with Crippen molar-refractivity contribution in [2.45, 2.75) is 4.90 Å². The molecule has 4 N–H and O–H groups in total. The minimum absolute atomic E-state index is 0. The van der Waals surface area contributed by atoms with Gasteiger partial charge >= 0.3 is 70.2 Å². The van der Waals surface area contributed by atoms with Crippen LogP contribution in [0.3, 0.4) is 0 Å². The third-order valence-corrected chi connectivity index (χ3v) is 4.25. The molecule has 120 valence electrons. The van der Waals surface area contributed by atoms with Crippen molar-refractivity contribution in [3.63, 3.8) is 0 Å². The Labute approximate surface area is 185 Å². The van der Waals surface area contributed by atoms with Crippen LogP contribution in [0.1, 0.15) is 0 Å². The van der Waals surface area contributed by atoms with Gasteiger partial charge in [-0.15, -0.1) is 0 Å². The topological polar surface area (TPSA) is 181 Å². The van der Waals surface area contributed by atoms with Crippen LogP contribution >= 0.6 is 10.8 Å². The third-order valence-electron chi connectivity index (χ3n) is 3.30. The van der Waals surface area contributed by atoms with Crippen LogP contribution in [0.2, 0.25) is 0 Å². The first kappa shape index (κ1) is 22.3. The zero-order chi connectivity index (χ0) is 16.9. The fourth-order valence-corrected chi connectivity index (χ4v) is 3.16. The maximum Gasteiger partial charge on any atom is 1.00 e. The van der Waals surface area contributed by atoms with E-state index in [4.69, 9.17) is 5.14 Å². The van der Waals surface area contributed by atoms with Gasteiger partial charge in [0, 0.05) is 16.3 Å². The average Bonchev–Trinajstić information content (AvgIpc) is 2.46. The molecule has 0 saturated carbocycles. The molecule has 0 aliphatic heterocycles. The maximum atomic E-state index is 11.7. The molecule has 0 aliphatic carbocycles. The summed E-state index contributed by atoms with van der Waals surface area (Å²) in [7, 11) is -4.24. The monoisotopic (exact) mass is 382 g/mol. The van der Waals surface area contributed by atoms with Gasteiger partial charge in [-0.3, -0.25) is 24.8 Å². The number of non-ortho nitro benzene ring substituents is 1. The molecule has 3 rings (SSSR count). The van der Waals surface area contributed by atoms with Crippen LogP contribution in [0.15, 0.2) is 38.8 Å². The molecule has 0 spiro atoms. The van der Waals surface area contributed by atoms with Gasteiger partial charge < -0.3 is 29.8 Å². The van der Waals surface area contributed by atoms with E-state index in [1.165, 1.54) is 12.1 Å². The largest absolute Gasteiger partial charge is 1.00 e. The second-order valence-corrected chi connectivity index (χ2v) is 6.24. The number of aromatic nitrogens is 2. The van der Waals surface area contributed by atoms with E-state index in [1.54, 1.807) is 0 Å². The zero-order valence-corrected chi connectivity index (χ0v) is 18.0. The molecule has 0 atom stereocenters. The fraction of sp³-hybridized carbons (Fsp3) is 0. The van der Waals surface area contributed by atoms with E-state index in [1.807, 2.05) is 0 Å². The van der Waals surface area contributed by atoms with Crippen LogP contribution in [0, 0.1) is 10.1 Å². The molecule has 0 fully saturated rings. The summed E-state index contributed by atoms with van der Waals surface area (Å²) in [6.45, 7) is 0. The molecule has 0 unspecified atom stereocenters. The van der Waals surface area contributed by atoms with E-state index < -0.39 is 37.4 Å². The maximum absolute atomic E-state index is 11.7. The Kier molecular flexibility index (Phi) is 7.03. The first-order valence-electron chi connectivity index (χ1n) is 6.09. The number of primary sulfonamides is 1. The zero-order valence-electron chi connectivity index (χ0n) is 13.2. The number of fused-ring (bicyclic) bond motifs is 3. The van der Waals surface area contributed by atoms with E-state index in [-0.39, 0.29) is 80.9 Å². The van der Waals surface area contributed by atoms with Crippen molar-refractivity contribution < 1.29 is 73.1 Å². The van der Waals surface area contributed by atoms with E-state index >= 15 is 0 Å². The van der Waals surface area contributed by atoms with Crippen molar-refractivity contribution in [2.75, 3.05) is 0 Å². The summed E-state index contributed by atoms with van der Waals surface area (Å²) < 4.78 is 23.4. The van der Waals surface area contributed by atoms with Gasteiger partial charge in [0.05, 0.1) is 21.3 Å². The molecule has 25 heavy (non-hydrogen) atoms. The number of nitrogens with two attached hydrogens (primary N) is 1. The summed E-state index contributed by atoms with van der Waals surface area (Å²) in [5.41, 5.74) is -2.43. The number of rotatable bonds is 2. The SMILES string of the molecule is NS([O-])([O-])c1cccc2c1c([N+](=O)[O-])cc1[nH]c(=O)c(=O)[nH]c12.[Na+].[Na+]. The van der Waals surface area contributed by atoms with Crippen molar-refractivity contribution in [2.24, 2.45) is 5.14 Å². The van der Waals surface area contributed by atoms with E-state index in [9.17, 15) is 28.8 Å². The van der Waals surface area contributed by atoms with Crippen molar-refractivity contribution in [3.8, 4) is 0 Å². The Hall–Kier alpha value is -0.730. The van der Waals surface area contributed by atoms with Gasteiger partial charge in [-0.1, -0.05) is 12.1 Å². The van der Waals surface area contributed by atoms with Crippen LogP contribution in [-0.4, -0.2) is 24.0 Å². The molecule has 1 heterocycles. The van der Waals surface area contributed by atoms with Crippen LogP contribution in [0.25, 0.3) is 21.8 Å². The molecule has 0 saturated heterocycles. The standard InChI is InChI=1S/C12H10N4O6S.2Na/c13-23(21,22)8-3-1-2-5-9(8)7(16(19)20)4-6-10(5)15-12(18)11(17)14-6;;/h1-4,21-22H,13H2,(H,14,17)(H,15,18);;/q;2*+1/p-2. The quantitative estimate of drug-likeness (QED) is 0.130. The van der Waals surface area contributed by atoms with Gasteiger partial charge in [0.2, 0.25) is 0 Å². The number of hydrogen-bond donors (Lipinski definition) is 3. The van der Waals surface area contributed by atoms with Gasteiger partial charge in [-0.2, -0.15) is 0 Å². The molecule has 3 aromatic rings. The molecule has 13 heteroatoms. The normalized spacial score (nSPS) is 11.6. The molecular formula is C12H8N4Na2O6S. The molecular weight excluding hydrogens is 374 g/mol. The van der Waals surface area contributed by atoms with Crippen molar-refractivity contribution in [1.82, 2.24) is 9.97 Å². The second-order valence-electron chi connectivity index (χ2n) is 4.71. The Morgan fingerprint density at radius 3 is 2.24 bits per heavy atom. The van der Waals surface area contributed by atoms with Gasteiger partial charge in [0.25, 0.3) is 5.69 Å². The number of H-pyrrole nitrogens is 2. The number of aromatic amines is 2. The van der Waals surface area contributed by atoms with E-state index in [2.05, 4.69) is 9.97 Å². The van der Waals surface area contributed by atoms with Crippen LogP contribution in [0.4, 0.5) is 5.69 Å². The van der Waals surface area contributed by atoms with Gasteiger partial charge in [-0.05, 0) is 6.07 Å². The fourth-order valence-electron chi connectivity index (χ4n) is 2.39. The summed E-state index contributed by atoms with van der Waals surface area (Å²) >= 11 is 0. The van der Waals surface area contributed by atoms with Crippen LogP contribution < -0.4 is 75.4 Å². The van der Waals surface area contributed by atoms with E-state index in [0.717, 1.165) is 12.1 Å². The summed E-state index contributed by atoms with van der Waals surface area (Å²) in [6.07, 6.45) is 0. The van der Waals surface area contributed by atoms with Crippen LogP contribution in [0.5, 0.6) is 0 Å². The molecule has 0 aliphatic rings. The Balaban J connectivity index is 0.00000156. The van der Waals surface area contributed by atoms with Crippen molar-refractivity contribution in [3.05, 3.63) is 55.1 Å². The third kappa shape index (κ3) is 4.01. The predicted molar refractivity (Wildman–Crippen MR) is 80.9 cm³/mol. The molecule has 0 bridgehead atoms. The summed E-state index contributed by atoms with van der Waals surface area (Å²) in [5, 5.41) is 16.2. The predicted octanol–water partition coefficient (Wildman–Crippen LogP) is -5.42. The Morgan fingerprint density at radius 1 is 1.08 bits per heavy atom. The van der Waals surface area contributed by atoms with Crippen molar-refractivity contribution >= 4 is 38.3 Å². The smallest absolute Gasteiger partial charge is 0.783 e. The molecule has 0 amide bonds. The van der Waals surface area contributed by atoms with Crippen LogP contribution in [-0.2, 0) is 0 Å². The number of nitrogens with one attached hydrogen (secondary N) is 2. The summed E-state index contributed by atoms with van der Waals surface area (Å²) in [6, 6.07) is 4.81. The van der Waals surface area contributed by atoms with Gasteiger partial charge in [-0.25, -0.2) is 0 Å². The number of nitro groups is 1. The Morgan fingerprint density at radius 2 is 1.68 bits per heavy atom. The number of hydrogen-bond acceptors (Lipinski definition) is 7. The number of benzene rings is 2. The van der Waals surface area contributed by atoms with E-state index in [0.29, 0.717) is 0 Å². The second kappa shape index (κ2) is 7.88. The minimum atomic E-state index is -4.24. The summed E-state index contributed by atoms with van der Waals surface area (Å²) in [4.78, 5) is 37.5. The molecule has 1 aromatic heterocycles. The minimum Gasteiger partial charge on any atom is -0.783 e. The van der Waals surface area contributed by atoms with Gasteiger partial charge in [0.15, 0.2) is 0 Å². The van der Waals surface area contributed by atoms with Gasteiger partial charge in [0.1, 0.15) is 0 Å². The average molecular weight is 382 g/mol. The number of nitro benzene ring substituents is 1. The molecule has 10 nitrogen and oxygen atoms in total. The molecule has 2 aromatic carbocycles. The first-order valence-corrected chi connectivity index (χ1v) is 7.64. The molecule has 0 radical (unpaired) electrons. The summed E-state index contributed by atoms with van der Waals surface area (Å²) in [5.74, 6) is 0. The first-order chi connectivity index (χ1) is 10.7.